The van der Waals surface area contributed by atoms with Gasteiger partial charge in [-0.25, -0.2) is 14.0 Å². The monoisotopic (exact) mass is 674 g/mol. The standard InChI is InChI=1S/C27H27ClF4N4O3S.C3H8O2/c1-26(2,3)39-25(38)35-10-8-34(9-11-35)23-16-14-17(27(30,31)32)20(15-5-6-19(29)18(28)13-15)22-21(16)36(24(37)33-23)7-4-12-40-22;1-5-3-2-4/h5-6,13-14H,4,7-12H2,1-3H3;4H,2-3H2,1H3. The SMILES string of the molecule is CC(C)(C)OC(=O)N1CCN(c2nc(=O)n3c4c(c(-c5ccc(F)c(Cl)c5)c(C(F)(F)F)cc24)SCCC3)CC1.COCCO. The van der Waals surface area contributed by atoms with Crippen LogP contribution in [-0.4, -0.2) is 83.5 Å². The van der Waals surface area contributed by atoms with Gasteiger partial charge in [-0.15, -0.1) is 11.8 Å². The number of carbonyl (C=O) groups is 1. The van der Waals surface area contributed by atoms with Crippen molar-refractivity contribution in [3.05, 3.63) is 51.2 Å². The number of nitrogens with zero attached hydrogens (tertiary/aromatic N) is 4. The van der Waals surface area contributed by atoms with Crippen LogP contribution in [0, 0.1) is 5.82 Å². The summed E-state index contributed by atoms with van der Waals surface area (Å²) in [5.74, 6) is -0.131. The van der Waals surface area contributed by atoms with Crippen molar-refractivity contribution in [1.29, 1.82) is 0 Å². The molecule has 0 atom stereocenters. The van der Waals surface area contributed by atoms with Crippen LogP contribution < -0.4 is 10.6 Å². The summed E-state index contributed by atoms with van der Waals surface area (Å²) in [6, 6.07) is 4.50. The molecule has 1 amide bonds. The van der Waals surface area contributed by atoms with Crippen molar-refractivity contribution in [2.45, 2.75) is 50.4 Å². The van der Waals surface area contributed by atoms with E-state index in [0.29, 0.717) is 30.8 Å². The van der Waals surface area contributed by atoms with E-state index in [-0.39, 0.29) is 65.0 Å². The molecule has 15 heteroatoms. The number of alkyl halides is 3. The topological polar surface area (TPSA) is 97.1 Å². The molecule has 246 valence electrons. The van der Waals surface area contributed by atoms with Crippen LogP contribution in [0.1, 0.15) is 32.8 Å². The average Bonchev–Trinajstić information content (AvgIpc) is 3.20. The number of aryl methyl sites for hydroxylation is 1. The average molecular weight is 675 g/mol. The van der Waals surface area contributed by atoms with Crippen molar-refractivity contribution in [2.75, 3.05) is 57.2 Å². The molecule has 0 bridgehead atoms. The van der Waals surface area contributed by atoms with E-state index in [2.05, 4.69) is 9.72 Å². The van der Waals surface area contributed by atoms with Gasteiger partial charge in [0.15, 0.2) is 0 Å². The number of benzene rings is 2. The van der Waals surface area contributed by atoms with Gasteiger partial charge >= 0.3 is 18.0 Å². The number of aromatic nitrogens is 2. The highest BCUT2D eigenvalue weighted by molar-refractivity contribution is 7.99. The largest absolute Gasteiger partial charge is 0.444 e. The lowest BCUT2D eigenvalue weighted by Gasteiger charge is -2.36. The predicted molar refractivity (Wildman–Crippen MR) is 166 cm³/mol. The van der Waals surface area contributed by atoms with Crippen molar-refractivity contribution in [2.24, 2.45) is 0 Å². The molecule has 3 heterocycles. The van der Waals surface area contributed by atoms with E-state index in [1.54, 1.807) is 32.8 Å². The van der Waals surface area contributed by atoms with E-state index in [1.165, 1.54) is 33.4 Å². The number of hydrogen-bond acceptors (Lipinski definition) is 8. The number of methoxy groups -OCH3 is 1. The van der Waals surface area contributed by atoms with Gasteiger partial charge in [-0.1, -0.05) is 17.7 Å². The van der Waals surface area contributed by atoms with Gasteiger partial charge in [-0.2, -0.15) is 18.2 Å². The molecule has 1 N–H and O–H groups in total. The van der Waals surface area contributed by atoms with Gasteiger partial charge in [-0.05, 0) is 56.7 Å². The van der Waals surface area contributed by atoms with E-state index < -0.39 is 34.9 Å². The minimum Gasteiger partial charge on any atom is -0.444 e. The number of carbonyl (C=O) groups excluding carboxylic acids is 1. The van der Waals surface area contributed by atoms with Gasteiger partial charge in [0.2, 0.25) is 0 Å². The molecule has 2 aliphatic heterocycles. The molecule has 45 heavy (non-hydrogen) atoms. The number of halogens is 5. The lowest BCUT2D eigenvalue weighted by molar-refractivity contribution is -0.137. The molecule has 0 saturated carbocycles. The summed E-state index contributed by atoms with van der Waals surface area (Å²) in [4.78, 5) is 33.6. The lowest BCUT2D eigenvalue weighted by atomic mass is 9.96. The minimum absolute atomic E-state index is 0.105. The lowest BCUT2D eigenvalue weighted by Crippen LogP contribution is -2.50. The summed E-state index contributed by atoms with van der Waals surface area (Å²) in [6.07, 6.45) is -4.69. The summed E-state index contributed by atoms with van der Waals surface area (Å²) < 4.78 is 69.1. The van der Waals surface area contributed by atoms with Crippen LogP contribution in [0.15, 0.2) is 34.0 Å². The van der Waals surface area contributed by atoms with Crippen LogP contribution >= 0.6 is 23.4 Å². The third kappa shape index (κ3) is 8.02. The van der Waals surface area contributed by atoms with Crippen molar-refractivity contribution in [3.63, 3.8) is 0 Å². The first-order valence-electron chi connectivity index (χ1n) is 14.3. The Kier molecular flexibility index (Phi) is 10.9. The van der Waals surface area contributed by atoms with E-state index in [1.807, 2.05) is 0 Å². The summed E-state index contributed by atoms with van der Waals surface area (Å²) in [5, 5.41) is 7.84. The molecule has 2 aliphatic rings. The maximum Gasteiger partial charge on any atom is 0.417 e. The van der Waals surface area contributed by atoms with Crippen LogP contribution in [0.4, 0.5) is 28.2 Å². The number of rotatable bonds is 4. The van der Waals surface area contributed by atoms with Gasteiger partial charge < -0.3 is 24.4 Å². The zero-order valence-corrected chi connectivity index (χ0v) is 26.9. The van der Waals surface area contributed by atoms with E-state index in [9.17, 15) is 27.2 Å². The maximum absolute atomic E-state index is 14.6. The molecule has 0 radical (unpaired) electrons. The number of hydrogen-bond donors (Lipinski definition) is 1. The molecule has 2 aromatic carbocycles. The molecule has 1 aromatic heterocycles. The molecule has 5 rings (SSSR count). The van der Waals surface area contributed by atoms with Crippen molar-refractivity contribution >= 4 is 46.2 Å². The van der Waals surface area contributed by atoms with Gasteiger partial charge in [0.05, 0.1) is 29.3 Å². The second-order valence-corrected chi connectivity index (χ2v) is 12.9. The van der Waals surface area contributed by atoms with Gasteiger partial charge in [-0.3, -0.25) is 4.57 Å². The zero-order chi connectivity index (χ0) is 33.1. The van der Waals surface area contributed by atoms with Crippen LogP contribution in [0.3, 0.4) is 0 Å². The Labute approximate surface area is 267 Å². The summed E-state index contributed by atoms with van der Waals surface area (Å²) in [6.45, 7) is 7.17. The fourth-order valence-corrected chi connectivity index (χ4v) is 6.45. The number of amides is 1. The van der Waals surface area contributed by atoms with Crippen molar-refractivity contribution in [3.8, 4) is 11.1 Å². The Bertz CT molecular complexity index is 1600. The smallest absolute Gasteiger partial charge is 0.417 e. The molecular weight excluding hydrogens is 640 g/mol. The number of aliphatic hydroxyl groups is 1. The first kappa shape index (κ1) is 34.8. The fraction of sp³-hybridized carbons (Fsp3) is 0.500. The molecule has 3 aromatic rings. The zero-order valence-electron chi connectivity index (χ0n) is 25.3. The first-order chi connectivity index (χ1) is 21.2. The normalized spacial score (nSPS) is 15.4. The minimum atomic E-state index is -4.76. The van der Waals surface area contributed by atoms with E-state index >= 15 is 0 Å². The number of thioether (sulfide) groups is 1. The molecule has 1 saturated heterocycles. The third-order valence-electron chi connectivity index (χ3n) is 7.01. The molecular formula is C30H35ClF4N4O5S. The van der Waals surface area contributed by atoms with Gasteiger partial charge in [0, 0.05) is 55.7 Å². The first-order valence-corrected chi connectivity index (χ1v) is 15.6. The van der Waals surface area contributed by atoms with Crippen LogP contribution in [-0.2, 0) is 22.2 Å². The summed E-state index contributed by atoms with van der Waals surface area (Å²) in [5.41, 5.74) is -1.84. The fourth-order valence-electron chi connectivity index (χ4n) is 5.06. The maximum atomic E-state index is 14.6. The highest BCUT2D eigenvalue weighted by Crippen LogP contribution is 2.48. The summed E-state index contributed by atoms with van der Waals surface area (Å²) in [7, 11) is 1.55. The number of ether oxygens (including phenoxy) is 2. The quantitative estimate of drug-likeness (QED) is 0.334. The third-order valence-corrected chi connectivity index (χ3v) is 8.48. The van der Waals surface area contributed by atoms with Gasteiger partial charge in [0.1, 0.15) is 17.2 Å². The number of piperazine rings is 1. The Morgan fingerprint density at radius 1 is 1.11 bits per heavy atom. The predicted octanol–water partition coefficient (Wildman–Crippen LogP) is 6.05. The van der Waals surface area contributed by atoms with E-state index in [4.69, 9.17) is 21.4 Å². The number of anilines is 1. The molecule has 0 unspecified atom stereocenters. The molecule has 0 spiro atoms. The summed E-state index contributed by atoms with van der Waals surface area (Å²) >= 11 is 7.20. The Morgan fingerprint density at radius 3 is 2.36 bits per heavy atom. The Morgan fingerprint density at radius 2 is 1.80 bits per heavy atom. The second-order valence-electron chi connectivity index (χ2n) is 11.4. The van der Waals surface area contributed by atoms with Crippen molar-refractivity contribution < 1.29 is 36.9 Å². The molecule has 1 fully saturated rings. The van der Waals surface area contributed by atoms with E-state index in [0.717, 1.165) is 12.1 Å². The highest BCUT2D eigenvalue weighted by Gasteiger charge is 2.38. The van der Waals surface area contributed by atoms with Crippen LogP contribution in [0.25, 0.3) is 22.0 Å². The molecule has 0 aliphatic carbocycles. The molecule has 9 nitrogen and oxygen atoms in total. The Balaban J connectivity index is 0.000000854. The second kappa shape index (κ2) is 14.1. The van der Waals surface area contributed by atoms with Crippen LogP contribution in [0.5, 0.6) is 0 Å². The van der Waals surface area contributed by atoms with Crippen LogP contribution in [0.2, 0.25) is 5.02 Å². The van der Waals surface area contributed by atoms with Crippen molar-refractivity contribution in [1.82, 2.24) is 14.5 Å². The highest BCUT2D eigenvalue weighted by atomic mass is 35.5. The number of aliphatic hydroxyl groups excluding tert-OH is 1. The Hall–Kier alpha value is -3.07. The van der Waals surface area contributed by atoms with Gasteiger partial charge in [0.25, 0.3) is 0 Å².